The Morgan fingerprint density at radius 3 is 3.00 bits per heavy atom. The third kappa shape index (κ3) is 1.88. The molecule has 5 heteroatoms. The van der Waals surface area contributed by atoms with Crippen molar-refractivity contribution in [3.05, 3.63) is 46.9 Å². The van der Waals surface area contributed by atoms with Gasteiger partial charge >= 0.3 is 0 Å². The summed E-state index contributed by atoms with van der Waals surface area (Å²) in [5, 5.41) is 11.7. The van der Waals surface area contributed by atoms with Crippen LogP contribution < -0.4 is 5.32 Å². The van der Waals surface area contributed by atoms with E-state index in [2.05, 4.69) is 52.5 Å². The zero-order valence-electron chi connectivity index (χ0n) is 12.2. The lowest BCUT2D eigenvalue weighted by Crippen LogP contribution is -2.06. The van der Waals surface area contributed by atoms with Gasteiger partial charge < -0.3 is 5.32 Å². The predicted molar refractivity (Wildman–Crippen MR) is 82.0 cm³/mol. The minimum Gasteiger partial charge on any atom is -0.341 e. The van der Waals surface area contributed by atoms with Crippen molar-refractivity contribution in [2.75, 3.05) is 5.32 Å². The molecule has 21 heavy (non-hydrogen) atoms. The third-order valence-corrected chi connectivity index (χ3v) is 4.34. The first kappa shape index (κ1) is 12.3. The Balaban J connectivity index is 1.90. The van der Waals surface area contributed by atoms with Crippen LogP contribution in [0.15, 0.2) is 24.5 Å². The minimum absolute atomic E-state index is 0.670. The van der Waals surface area contributed by atoms with E-state index in [1.54, 1.807) is 6.33 Å². The first-order valence-electron chi connectivity index (χ1n) is 7.29. The smallest absolute Gasteiger partial charge is 0.256 e. The van der Waals surface area contributed by atoms with E-state index in [0.29, 0.717) is 5.78 Å². The number of hydrogen-bond acceptors (Lipinski definition) is 4. The summed E-state index contributed by atoms with van der Waals surface area (Å²) >= 11 is 0. The normalized spacial score (nSPS) is 13.6. The summed E-state index contributed by atoms with van der Waals surface area (Å²) in [6.45, 7) is 4.27. The number of anilines is 2. The number of hydrogen-bond donors (Lipinski definition) is 1. The maximum atomic E-state index is 4.61. The van der Waals surface area contributed by atoms with Gasteiger partial charge in [0, 0.05) is 11.3 Å². The Hall–Kier alpha value is -2.43. The van der Waals surface area contributed by atoms with Crippen LogP contribution in [-0.2, 0) is 12.8 Å². The van der Waals surface area contributed by atoms with Crippen LogP contribution in [0.5, 0.6) is 0 Å². The molecule has 0 bridgehead atoms. The lowest BCUT2D eigenvalue weighted by atomic mass is 10.1. The van der Waals surface area contributed by atoms with Gasteiger partial charge in [-0.1, -0.05) is 12.1 Å². The topological polar surface area (TPSA) is 55.1 Å². The lowest BCUT2D eigenvalue weighted by Gasteiger charge is -2.15. The summed E-state index contributed by atoms with van der Waals surface area (Å²) in [4.78, 5) is 4.61. The molecule has 3 aromatic rings. The highest BCUT2D eigenvalue weighted by molar-refractivity contribution is 5.67. The second-order valence-electron chi connectivity index (χ2n) is 5.61. The molecule has 1 N–H and O–H groups in total. The fourth-order valence-corrected chi connectivity index (χ4v) is 2.98. The van der Waals surface area contributed by atoms with Crippen molar-refractivity contribution in [2.24, 2.45) is 0 Å². The van der Waals surface area contributed by atoms with Gasteiger partial charge in [-0.15, -0.1) is 10.2 Å². The van der Waals surface area contributed by atoms with Crippen molar-refractivity contribution < 1.29 is 0 Å². The molecule has 0 atom stereocenters. The Morgan fingerprint density at radius 1 is 1.19 bits per heavy atom. The summed E-state index contributed by atoms with van der Waals surface area (Å²) in [7, 11) is 0. The zero-order chi connectivity index (χ0) is 14.4. The fraction of sp³-hybridized carbons (Fsp3) is 0.312. The van der Waals surface area contributed by atoms with E-state index in [9.17, 15) is 0 Å². The van der Waals surface area contributed by atoms with Gasteiger partial charge in [-0.05, 0) is 50.3 Å². The van der Waals surface area contributed by atoms with Gasteiger partial charge in [-0.2, -0.15) is 0 Å². The first-order chi connectivity index (χ1) is 10.2. The van der Waals surface area contributed by atoms with E-state index in [0.717, 1.165) is 36.5 Å². The molecule has 2 heterocycles. The van der Waals surface area contributed by atoms with Crippen LogP contribution in [0.4, 0.5) is 11.5 Å². The highest BCUT2D eigenvalue weighted by atomic mass is 15.3. The average Bonchev–Trinajstić information content (AvgIpc) is 3.11. The van der Waals surface area contributed by atoms with Gasteiger partial charge in [0.1, 0.15) is 12.1 Å². The molecule has 0 spiro atoms. The van der Waals surface area contributed by atoms with Crippen LogP contribution in [0.2, 0.25) is 0 Å². The summed E-state index contributed by atoms with van der Waals surface area (Å²) in [6, 6.07) is 6.32. The van der Waals surface area contributed by atoms with Crippen molar-refractivity contribution in [2.45, 2.75) is 33.1 Å². The second-order valence-corrected chi connectivity index (χ2v) is 5.61. The number of rotatable bonds is 2. The third-order valence-electron chi connectivity index (χ3n) is 4.34. The largest absolute Gasteiger partial charge is 0.341 e. The molecule has 0 fully saturated rings. The fourth-order valence-electron chi connectivity index (χ4n) is 2.98. The minimum atomic E-state index is 0.670. The highest BCUT2D eigenvalue weighted by Gasteiger charge is 2.21. The van der Waals surface area contributed by atoms with Gasteiger partial charge in [-0.25, -0.2) is 4.98 Å². The number of aryl methyl sites for hydroxylation is 2. The van der Waals surface area contributed by atoms with E-state index in [1.807, 2.05) is 4.40 Å². The maximum Gasteiger partial charge on any atom is 0.256 e. The van der Waals surface area contributed by atoms with Crippen LogP contribution in [-0.4, -0.2) is 19.6 Å². The predicted octanol–water partition coefficient (Wildman–Crippen LogP) is 2.97. The van der Waals surface area contributed by atoms with Crippen LogP contribution >= 0.6 is 0 Å². The molecule has 106 valence electrons. The first-order valence-corrected chi connectivity index (χ1v) is 7.29. The van der Waals surface area contributed by atoms with Gasteiger partial charge in [0.15, 0.2) is 0 Å². The van der Waals surface area contributed by atoms with Gasteiger partial charge in [0.25, 0.3) is 5.78 Å². The molecule has 5 nitrogen and oxygen atoms in total. The Labute approximate surface area is 123 Å². The molecule has 0 saturated carbocycles. The van der Waals surface area contributed by atoms with Crippen LogP contribution in [0.3, 0.4) is 0 Å². The number of fused-ring (bicyclic) bond motifs is 2. The van der Waals surface area contributed by atoms with Crippen molar-refractivity contribution in [3.63, 3.8) is 0 Å². The van der Waals surface area contributed by atoms with Crippen LogP contribution in [0.25, 0.3) is 5.78 Å². The average molecular weight is 279 g/mol. The van der Waals surface area contributed by atoms with Crippen molar-refractivity contribution in [1.29, 1.82) is 0 Å². The molecule has 0 aliphatic heterocycles. The summed E-state index contributed by atoms with van der Waals surface area (Å²) < 4.78 is 1.95. The monoisotopic (exact) mass is 279 g/mol. The molecular weight excluding hydrogens is 262 g/mol. The molecule has 0 saturated heterocycles. The maximum absolute atomic E-state index is 4.61. The van der Waals surface area contributed by atoms with E-state index < -0.39 is 0 Å². The summed E-state index contributed by atoms with van der Waals surface area (Å²) in [6.07, 6.45) is 4.97. The SMILES string of the molecule is Cc1cccc(Nc2c3c(nc4nncn24)CCC3)c1C. The van der Waals surface area contributed by atoms with Gasteiger partial charge in [0.05, 0.1) is 5.69 Å². The lowest BCUT2D eigenvalue weighted by molar-refractivity contribution is 0.900. The Kier molecular flexibility index (Phi) is 2.67. The quantitative estimate of drug-likeness (QED) is 0.783. The molecule has 1 aliphatic rings. The molecule has 1 aromatic carbocycles. The van der Waals surface area contributed by atoms with E-state index >= 15 is 0 Å². The van der Waals surface area contributed by atoms with Crippen molar-refractivity contribution >= 4 is 17.3 Å². The molecular formula is C16H17N5. The summed E-state index contributed by atoms with van der Waals surface area (Å²) in [5.41, 5.74) is 6.13. The number of nitrogens with one attached hydrogen (secondary N) is 1. The zero-order valence-corrected chi connectivity index (χ0v) is 12.2. The molecule has 2 aromatic heterocycles. The highest BCUT2D eigenvalue weighted by Crippen LogP contribution is 2.31. The molecule has 0 unspecified atom stereocenters. The van der Waals surface area contributed by atoms with E-state index in [-0.39, 0.29) is 0 Å². The van der Waals surface area contributed by atoms with Crippen LogP contribution in [0.1, 0.15) is 28.8 Å². The number of aromatic nitrogens is 4. The molecule has 4 rings (SSSR count). The Morgan fingerprint density at radius 2 is 2.10 bits per heavy atom. The second kappa shape index (κ2) is 4.55. The van der Waals surface area contributed by atoms with Crippen molar-refractivity contribution in [3.8, 4) is 0 Å². The van der Waals surface area contributed by atoms with E-state index in [1.165, 1.54) is 16.7 Å². The number of nitrogens with zero attached hydrogens (tertiary/aromatic N) is 4. The molecule has 1 aliphatic carbocycles. The number of benzene rings is 1. The molecule has 0 amide bonds. The molecule has 0 radical (unpaired) electrons. The van der Waals surface area contributed by atoms with Crippen molar-refractivity contribution in [1.82, 2.24) is 19.6 Å². The van der Waals surface area contributed by atoms with E-state index in [4.69, 9.17) is 0 Å². The van der Waals surface area contributed by atoms with Crippen LogP contribution in [0, 0.1) is 13.8 Å². The van der Waals surface area contributed by atoms with Gasteiger partial charge in [-0.3, -0.25) is 4.40 Å². The standard InChI is InChI=1S/C16H17N5/c1-10-5-3-7-13(11(10)2)18-15-12-6-4-8-14(12)19-16-20-17-9-21(15)16/h3,5,7,9,18H,4,6,8H2,1-2H3. The Bertz CT molecular complexity index is 834. The van der Waals surface area contributed by atoms with Gasteiger partial charge in [0.2, 0.25) is 0 Å². The summed E-state index contributed by atoms with van der Waals surface area (Å²) in [5.74, 6) is 1.73.